The number of halogens is 1. The zero-order valence-electron chi connectivity index (χ0n) is 17.4. The van der Waals surface area contributed by atoms with Gasteiger partial charge in [0.25, 0.3) is 6.47 Å². The van der Waals surface area contributed by atoms with Gasteiger partial charge in [-0.1, -0.05) is 18.2 Å². The molecule has 2 fully saturated rings. The molecule has 1 spiro atoms. The number of benzene rings is 1. The molecule has 1 atom stereocenters. The third kappa shape index (κ3) is 5.65. The van der Waals surface area contributed by atoms with E-state index in [2.05, 4.69) is 15.1 Å². The molecule has 0 aliphatic carbocycles. The van der Waals surface area contributed by atoms with Crippen molar-refractivity contribution in [2.24, 2.45) is 5.41 Å². The number of carbonyl (C=O) groups is 2. The van der Waals surface area contributed by atoms with Gasteiger partial charge in [0.2, 0.25) is 5.89 Å². The van der Waals surface area contributed by atoms with Crippen molar-refractivity contribution < 1.29 is 28.6 Å². The lowest BCUT2D eigenvalue weighted by atomic mass is 9.71. The molecule has 1 unspecified atom stereocenters. The summed E-state index contributed by atoms with van der Waals surface area (Å²) in [6.07, 6.45) is 1.84. The molecule has 4 rings (SSSR count). The summed E-state index contributed by atoms with van der Waals surface area (Å²) in [7, 11) is 0. The van der Waals surface area contributed by atoms with Gasteiger partial charge < -0.3 is 19.5 Å². The zero-order chi connectivity index (χ0) is 22.4. The smallest absolute Gasteiger partial charge is 0.311 e. The van der Waals surface area contributed by atoms with E-state index in [1.165, 1.54) is 6.07 Å². The van der Waals surface area contributed by atoms with Crippen LogP contribution in [0.25, 0.3) is 0 Å². The van der Waals surface area contributed by atoms with Crippen LogP contribution in [0.2, 0.25) is 0 Å². The Morgan fingerprint density at radius 2 is 2.00 bits per heavy atom. The fourth-order valence-electron chi connectivity index (χ4n) is 4.52. The number of hydrogen-bond acceptors (Lipinski definition) is 7. The van der Waals surface area contributed by atoms with Gasteiger partial charge in [-0.05, 0) is 30.7 Å². The number of aliphatic hydroxyl groups excluding tert-OH is 1. The van der Waals surface area contributed by atoms with Crippen molar-refractivity contribution in [3.63, 3.8) is 0 Å². The van der Waals surface area contributed by atoms with E-state index in [0.717, 1.165) is 19.4 Å². The molecule has 1 aromatic heterocycles. The van der Waals surface area contributed by atoms with E-state index >= 15 is 0 Å². The summed E-state index contributed by atoms with van der Waals surface area (Å²) in [6.45, 7) is 4.39. The van der Waals surface area contributed by atoms with Gasteiger partial charge in [0.1, 0.15) is 5.82 Å². The highest BCUT2D eigenvalue weighted by atomic mass is 19.1. The fraction of sp³-hybridized carbons (Fsp3) is 0.524. The number of aryl methyl sites for hydroxylation is 1. The Morgan fingerprint density at radius 3 is 2.61 bits per heavy atom. The van der Waals surface area contributed by atoms with Crippen molar-refractivity contribution in [2.45, 2.75) is 38.8 Å². The first kappa shape index (κ1) is 22.8. The summed E-state index contributed by atoms with van der Waals surface area (Å²) in [4.78, 5) is 24.7. The Morgan fingerprint density at radius 1 is 1.32 bits per heavy atom. The quantitative estimate of drug-likeness (QED) is 0.701. The lowest BCUT2D eigenvalue weighted by Crippen LogP contribution is -2.54. The first-order valence-corrected chi connectivity index (χ1v) is 10.2. The average molecular weight is 434 g/mol. The van der Waals surface area contributed by atoms with Crippen molar-refractivity contribution >= 4 is 12.4 Å². The van der Waals surface area contributed by atoms with Gasteiger partial charge >= 0.3 is 11.8 Å². The van der Waals surface area contributed by atoms with Crippen LogP contribution in [-0.2, 0) is 11.3 Å². The fourth-order valence-corrected chi connectivity index (χ4v) is 4.52. The molecular formula is C21H27FN4O5. The molecule has 0 bridgehead atoms. The van der Waals surface area contributed by atoms with Crippen LogP contribution in [0.5, 0.6) is 0 Å². The lowest BCUT2D eigenvalue weighted by molar-refractivity contribution is -0.122. The van der Waals surface area contributed by atoms with E-state index in [9.17, 15) is 14.3 Å². The van der Waals surface area contributed by atoms with Gasteiger partial charge in [0.15, 0.2) is 0 Å². The highest BCUT2D eigenvalue weighted by molar-refractivity contribution is 5.89. The molecule has 2 N–H and O–H groups in total. The van der Waals surface area contributed by atoms with Gasteiger partial charge in [-0.15, -0.1) is 10.2 Å². The second-order valence-corrected chi connectivity index (χ2v) is 8.14. The van der Waals surface area contributed by atoms with Crippen molar-refractivity contribution in [1.82, 2.24) is 20.0 Å². The Bertz CT molecular complexity index is 897. The minimum absolute atomic E-state index is 0.0262. The van der Waals surface area contributed by atoms with Crippen LogP contribution in [-0.4, -0.2) is 74.9 Å². The number of aromatic nitrogens is 2. The number of aliphatic hydroxyl groups is 1. The van der Waals surface area contributed by atoms with Gasteiger partial charge in [0.05, 0.1) is 6.10 Å². The van der Waals surface area contributed by atoms with E-state index in [0.29, 0.717) is 44.1 Å². The maximum Gasteiger partial charge on any atom is 0.311 e. The number of carbonyl (C=O) groups excluding carboxylic acids is 1. The highest BCUT2D eigenvalue weighted by Gasteiger charge is 2.42. The molecule has 0 saturated carbocycles. The average Bonchev–Trinajstić information content (AvgIpc) is 3.16. The van der Waals surface area contributed by atoms with Gasteiger partial charge in [0, 0.05) is 45.2 Å². The van der Waals surface area contributed by atoms with Crippen LogP contribution in [0.1, 0.15) is 41.4 Å². The van der Waals surface area contributed by atoms with E-state index in [4.69, 9.17) is 14.3 Å². The molecule has 0 radical (unpaired) electrons. The Kier molecular flexibility index (Phi) is 7.34. The third-order valence-corrected chi connectivity index (χ3v) is 5.87. The standard InChI is InChI=1S/C20H25FN4O3.CH2O2/c1-14-22-23-18(28-14)19(27)25-8-6-20(7-9-25)10-16(26)12-24(13-20)11-15-4-2-3-5-17(15)21;2-1-3/h2-5,16,26H,6-13H2,1H3;1H,(H,2,3). The molecule has 3 heterocycles. The van der Waals surface area contributed by atoms with E-state index in [1.807, 2.05) is 6.07 Å². The second-order valence-electron chi connectivity index (χ2n) is 8.14. The first-order valence-electron chi connectivity index (χ1n) is 10.2. The van der Waals surface area contributed by atoms with Gasteiger partial charge in [-0.25, -0.2) is 4.39 Å². The van der Waals surface area contributed by atoms with Crippen LogP contribution < -0.4 is 0 Å². The molecule has 168 valence electrons. The van der Waals surface area contributed by atoms with Crippen molar-refractivity contribution in [2.75, 3.05) is 26.2 Å². The first-order chi connectivity index (χ1) is 14.9. The van der Waals surface area contributed by atoms with Gasteiger partial charge in [-0.2, -0.15) is 0 Å². The summed E-state index contributed by atoms with van der Waals surface area (Å²) in [6, 6.07) is 6.77. The Hall–Kier alpha value is -2.85. The number of carboxylic acid groups (broad SMARTS) is 1. The SMILES string of the molecule is Cc1nnc(C(=O)N2CCC3(CC2)CC(O)CN(Cc2ccccc2F)C3)o1.O=CO. The Labute approximate surface area is 179 Å². The summed E-state index contributed by atoms with van der Waals surface area (Å²) in [5.41, 5.74) is 0.580. The molecule has 10 heteroatoms. The summed E-state index contributed by atoms with van der Waals surface area (Å²) < 4.78 is 19.3. The molecule has 9 nitrogen and oxygen atoms in total. The van der Waals surface area contributed by atoms with E-state index in [-0.39, 0.29) is 29.5 Å². The molecule has 1 amide bonds. The molecule has 2 saturated heterocycles. The second kappa shape index (κ2) is 9.97. The topological polar surface area (TPSA) is 120 Å². The van der Waals surface area contributed by atoms with Gasteiger partial charge in [-0.3, -0.25) is 14.5 Å². The van der Waals surface area contributed by atoms with Crippen LogP contribution in [0.15, 0.2) is 28.7 Å². The monoisotopic (exact) mass is 434 g/mol. The highest BCUT2D eigenvalue weighted by Crippen LogP contribution is 2.40. The number of amides is 1. The summed E-state index contributed by atoms with van der Waals surface area (Å²) >= 11 is 0. The maximum absolute atomic E-state index is 14.0. The molecule has 2 aliphatic rings. The minimum Gasteiger partial charge on any atom is -0.483 e. The normalized spacial score (nSPS) is 20.7. The molecule has 2 aromatic rings. The number of hydrogen-bond donors (Lipinski definition) is 2. The maximum atomic E-state index is 14.0. The third-order valence-electron chi connectivity index (χ3n) is 5.87. The number of likely N-dealkylation sites (tertiary alicyclic amines) is 2. The largest absolute Gasteiger partial charge is 0.483 e. The lowest BCUT2D eigenvalue weighted by Gasteiger charge is -2.49. The molecule has 1 aromatic carbocycles. The predicted molar refractivity (Wildman–Crippen MR) is 108 cm³/mol. The molecule has 31 heavy (non-hydrogen) atoms. The van der Waals surface area contributed by atoms with Crippen LogP contribution in [0.3, 0.4) is 0 Å². The summed E-state index contributed by atoms with van der Waals surface area (Å²) in [5.74, 6) is -0.0590. The van der Waals surface area contributed by atoms with Crippen molar-refractivity contribution in [3.05, 3.63) is 47.4 Å². The van der Waals surface area contributed by atoms with Crippen LogP contribution >= 0.6 is 0 Å². The van der Waals surface area contributed by atoms with Crippen molar-refractivity contribution in [3.8, 4) is 0 Å². The van der Waals surface area contributed by atoms with E-state index < -0.39 is 6.10 Å². The number of piperidine rings is 2. The predicted octanol–water partition coefficient (Wildman–Crippen LogP) is 1.71. The molecule has 2 aliphatic heterocycles. The molecular weight excluding hydrogens is 407 g/mol. The van der Waals surface area contributed by atoms with E-state index in [1.54, 1.807) is 24.0 Å². The number of nitrogens with zero attached hydrogens (tertiary/aromatic N) is 4. The number of β-amino-alcohol motifs (C(OH)–C–C–N with tert-alkyl or cyclic N) is 1. The minimum atomic E-state index is -0.443. The number of rotatable bonds is 3. The van der Waals surface area contributed by atoms with Crippen molar-refractivity contribution in [1.29, 1.82) is 0 Å². The van der Waals surface area contributed by atoms with Crippen LogP contribution in [0.4, 0.5) is 4.39 Å². The zero-order valence-corrected chi connectivity index (χ0v) is 17.4. The summed E-state index contributed by atoms with van der Waals surface area (Å²) in [5, 5.41) is 24.9. The van der Waals surface area contributed by atoms with Crippen LogP contribution in [0, 0.1) is 18.2 Å². The Balaban J connectivity index is 0.000000858.